The van der Waals surface area contributed by atoms with E-state index < -0.39 is 0 Å². The normalized spacial score (nSPS) is 10.7. The van der Waals surface area contributed by atoms with E-state index in [1.54, 1.807) is 6.07 Å². The van der Waals surface area contributed by atoms with Gasteiger partial charge < -0.3 is 9.80 Å². The zero-order valence-corrected chi connectivity index (χ0v) is 10.3. The van der Waals surface area contributed by atoms with Gasteiger partial charge in [0.15, 0.2) is 0 Å². The molecule has 0 atom stereocenters. The maximum atomic E-state index is 5.83. The lowest BCUT2D eigenvalue weighted by Crippen LogP contribution is -2.23. The van der Waals surface area contributed by atoms with E-state index in [0.717, 1.165) is 25.3 Å². The fourth-order valence-corrected chi connectivity index (χ4v) is 1.51. The van der Waals surface area contributed by atoms with Crippen LogP contribution in [0.1, 0.15) is 6.42 Å². The van der Waals surface area contributed by atoms with E-state index in [0.29, 0.717) is 5.15 Å². The fourth-order valence-electron chi connectivity index (χ4n) is 1.35. The molecule has 0 fully saturated rings. The van der Waals surface area contributed by atoms with Crippen molar-refractivity contribution in [3.8, 4) is 0 Å². The maximum Gasteiger partial charge on any atom is 0.131 e. The zero-order valence-electron chi connectivity index (χ0n) is 9.57. The predicted molar refractivity (Wildman–Crippen MR) is 65.7 cm³/mol. The molecule has 0 N–H and O–H groups in total. The molecule has 0 spiro atoms. The van der Waals surface area contributed by atoms with Gasteiger partial charge in [0.2, 0.25) is 0 Å². The average Bonchev–Trinajstić information content (AvgIpc) is 2.17. The highest BCUT2D eigenvalue weighted by atomic mass is 35.5. The van der Waals surface area contributed by atoms with Gasteiger partial charge in [-0.2, -0.15) is 0 Å². The van der Waals surface area contributed by atoms with Crippen LogP contribution in [0.5, 0.6) is 0 Å². The molecule has 1 rings (SSSR count). The van der Waals surface area contributed by atoms with E-state index in [4.69, 9.17) is 11.6 Å². The third kappa shape index (κ3) is 4.49. The molecule has 0 aromatic carbocycles. The number of nitrogens with zero attached hydrogens (tertiary/aromatic N) is 3. The second kappa shape index (κ2) is 5.93. The minimum absolute atomic E-state index is 0.548. The van der Waals surface area contributed by atoms with Crippen molar-refractivity contribution in [3.63, 3.8) is 0 Å². The molecule has 1 heterocycles. The smallest absolute Gasteiger partial charge is 0.131 e. The van der Waals surface area contributed by atoms with Crippen LogP contribution in [0.4, 0.5) is 5.82 Å². The first-order valence-electron chi connectivity index (χ1n) is 5.08. The summed E-state index contributed by atoms with van der Waals surface area (Å²) in [6, 6.07) is 5.69. The quantitative estimate of drug-likeness (QED) is 0.719. The molecular formula is C11H18ClN3. The van der Waals surface area contributed by atoms with Crippen LogP contribution in [0.15, 0.2) is 18.2 Å². The molecule has 3 nitrogen and oxygen atoms in total. The maximum absolute atomic E-state index is 5.83. The molecule has 0 aliphatic carbocycles. The molecule has 0 amide bonds. The third-order valence-electron chi connectivity index (χ3n) is 2.19. The van der Waals surface area contributed by atoms with Gasteiger partial charge in [-0.3, -0.25) is 0 Å². The predicted octanol–water partition coefficient (Wildman–Crippen LogP) is 2.12. The van der Waals surface area contributed by atoms with Crippen molar-refractivity contribution >= 4 is 17.4 Å². The number of halogens is 1. The topological polar surface area (TPSA) is 19.4 Å². The Morgan fingerprint density at radius 2 is 1.93 bits per heavy atom. The summed E-state index contributed by atoms with van der Waals surface area (Å²) < 4.78 is 0. The van der Waals surface area contributed by atoms with Crippen molar-refractivity contribution in [2.75, 3.05) is 39.1 Å². The Morgan fingerprint density at radius 1 is 1.20 bits per heavy atom. The summed E-state index contributed by atoms with van der Waals surface area (Å²) in [4.78, 5) is 8.55. The van der Waals surface area contributed by atoms with Crippen LogP contribution in [0.25, 0.3) is 0 Å². The molecule has 1 aromatic rings. The SMILES string of the molecule is CN(C)CCCN(C)c1cccc(Cl)n1. The molecular weight excluding hydrogens is 210 g/mol. The Hall–Kier alpha value is -0.800. The zero-order chi connectivity index (χ0) is 11.3. The van der Waals surface area contributed by atoms with Gasteiger partial charge in [0.1, 0.15) is 11.0 Å². The molecule has 0 saturated heterocycles. The van der Waals surface area contributed by atoms with Crippen molar-refractivity contribution in [1.82, 2.24) is 9.88 Å². The van der Waals surface area contributed by atoms with Crippen LogP contribution < -0.4 is 4.90 Å². The Bertz CT molecular complexity index is 302. The first kappa shape index (κ1) is 12.3. The van der Waals surface area contributed by atoms with E-state index >= 15 is 0 Å². The van der Waals surface area contributed by atoms with Crippen molar-refractivity contribution in [2.24, 2.45) is 0 Å². The molecule has 15 heavy (non-hydrogen) atoms. The minimum atomic E-state index is 0.548. The Morgan fingerprint density at radius 3 is 2.53 bits per heavy atom. The van der Waals surface area contributed by atoms with Gasteiger partial charge in [-0.1, -0.05) is 17.7 Å². The monoisotopic (exact) mass is 227 g/mol. The lowest BCUT2D eigenvalue weighted by Gasteiger charge is -2.19. The van der Waals surface area contributed by atoms with E-state index in [1.165, 1.54) is 0 Å². The molecule has 0 radical (unpaired) electrons. The van der Waals surface area contributed by atoms with Gasteiger partial charge in [-0.15, -0.1) is 0 Å². The lowest BCUT2D eigenvalue weighted by atomic mass is 10.3. The minimum Gasteiger partial charge on any atom is -0.360 e. The molecule has 1 aromatic heterocycles. The van der Waals surface area contributed by atoms with Gasteiger partial charge >= 0.3 is 0 Å². The molecule has 0 bridgehead atoms. The van der Waals surface area contributed by atoms with Gasteiger partial charge in [-0.25, -0.2) is 4.98 Å². The Labute approximate surface area is 96.7 Å². The molecule has 0 aliphatic rings. The van der Waals surface area contributed by atoms with Crippen LogP contribution >= 0.6 is 11.6 Å². The van der Waals surface area contributed by atoms with Crippen LogP contribution in [0.2, 0.25) is 5.15 Å². The second-order valence-electron chi connectivity index (χ2n) is 3.90. The Balaban J connectivity index is 2.43. The molecule has 4 heteroatoms. The first-order valence-corrected chi connectivity index (χ1v) is 5.46. The van der Waals surface area contributed by atoms with Crippen LogP contribution in [-0.2, 0) is 0 Å². The van der Waals surface area contributed by atoms with Gasteiger partial charge in [0.05, 0.1) is 0 Å². The van der Waals surface area contributed by atoms with Gasteiger partial charge in [0.25, 0.3) is 0 Å². The van der Waals surface area contributed by atoms with E-state index in [-0.39, 0.29) is 0 Å². The summed E-state index contributed by atoms with van der Waals surface area (Å²) in [6.07, 6.45) is 1.12. The average molecular weight is 228 g/mol. The first-order chi connectivity index (χ1) is 7.09. The number of hydrogen-bond donors (Lipinski definition) is 0. The summed E-state index contributed by atoms with van der Waals surface area (Å²) >= 11 is 5.83. The largest absolute Gasteiger partial charge is 0.360 e. The molecule has 0 aliphatic heterocycles. The van der Waals surface area contributed by atoms with Crippen LogP contribution in [0, 0.1) is 0 Å². The summed E-state index contributed by atoms with van der Waals surface area (Å²) in [5.41, 5.74) is 0. The molecule has 84 valence electrons. The van der Waals surface area contributed by atoms with Gasteiger partial charge in [-0.05, 0) is 39.2 Å². The fraction of sp³-hybridized carbons (Fsp3) is 0.545. The number of anilines is 1. The van der Waals surface area contributed by atoms with Crippen molar-refractivity contribution < 1.29 is 0 Å². The molecule has 0 unspecified atom stereocenters. The van der Waals surface area contributed by atoms with E-state index in [9.17, 15) is 0 Å². The lowest BCUT2D eigenvalue weighted by molar-refractivity contribution is 0.401. The van der Waals surface area contributed by atoms with E-state index in [1.807, 2.05) is 19.2 Å². The summed E-state index contributed by atoms with van der Waals surface area (Å²) in [5, 5.41) is 0.548. The summed E-state index contributed by atoms with van der Waals surface area (Å²) in [7, 11) is 6.20. The number of pyridine rings is 1. The highest BCUT2D eigenvalue weighted by molar-refractivity contribution is 6.29. The number of hydrogen-bond acceptors (Lipinski definition) is 3. The van der Waals surface area contributed by atoms with Crippen molar-refractivity contribution in [1.29, 1.82) is 0 Å². The Kier molecular flexibility index (Phi) is 4.85. The van der Waals surface area contributed by atoms with Crippen LogP contribution in [0.3, 0.4) is 0 Å². The van der Waals surface area contributed by atoms with Crippen LogP contribution in [-0.4, -0.2) is 44.1 Å². The summed E-state index contributed by atoms with van der Waals surface area (Å²) in [5.74, 6) is 0.932. The van der Waals surface area contributed by atoms with Gasteiger partial charge in [0, 0.05) is 13.6 Å². The standard InChI is InChI=1S/C11H18ClN3/c1-14(2)8-5-9-15(3)11-7-4-6-10(12)13-11/h4,6-7H,5,8-9H2,1-3H3. The highest BCUT2D eigenvalue weighted by Gasteiger charge is 2.02. The van der Waals surface area contributed by atoms with E-state index in [2.05, 4.69) is 28.9 Å². The third-order valence-corrected chi connectivity index (χ3v) is 2.40. The van der Waals surface area contributed by atoms with Crippen molar-refractivity contribution in [3.05, 3.63) is 23.4 Å². The second-order valence-corrected chi connectivity index (χ2v) is 4.28. The van der Waals surface area contributed by atoms with Crippen molar-refractivity contribution in [2.45, 2.75) is 6.42 Å². The molecule has 0 saturated carbocycles. The number of rotatable bonds is 5. The highest BCUT2D eigenvalue weighted by Crippen LogP contribution is 2.12. The number of aromatic nitrogens is 1. The summed E-state index contributed by atoms with van der Waals surface area (Å²) in [6.45, 7) is 2.08.